The number of nitrogens with zero attached hydrogens (tertiary/aromatic N) is 3. The van der Waals surface area contributed by atoms with Crippen LogP contribution in [0.1, 0.15) is 53.5 Å². The summed E-state index contributed by atoms with van der Waals surface area (Å²) in [5, 5.41) is 12.2. The number of carbonyl (C=O) groups excluding carboxylic acids is 1. The Morgan fingerprint density at radius 1 is 1.23 bits per heavy atom. The molecule has 26 heavy (non-hydrogen) atoms. The Kier molecular flexibility index (Phi) is 6.48. The molecule has 1 N–H and O–H groups in total. The molecule has 0 fully saturated rings. The number of benzene rings is 1. The van der Waals surface area contributed by atoms with Crippen LogP contribution in [0.15, 0.2) is 23.1 Å². The van der Waals surface area contributed by atoms with E-state index in [-0.39, 0.29) is 4.90 Å². The Morgan fingerprint density at radius 2 is 1.88 bits per heavy atom. The van der Waals surface area contributed by atoms with Crippen LogP contribution in [0, 0.1) is 6.92 Å². The van der Waals surface area contributed by atoms with Crippen molar-refractivity contribution in [2.24, 2.45) is 0 Å². The van der Waals surface area contributed by atoms with Crippen molar-refractivity contribution in [3.05, 3.63) is 34.3 Å². The summed E-state index contributed by atoms with van der Waals surface area (Å²) < 4.78 is 25.7. The van der Waals surface area contributed by atoms with E-state index in [0.29, 0.717) is 22.2 Å². The Labute approximate surface area is 158 Å². The van der Waals surface area contributed by atoms with E-state index < -0.39 is 15.9 Å². The van der Waals surface area contributed by atoms with E-state index in [1.54, 1.807) is 13.0 Å². The second kappa shape index (κ2) is 8.24. The van der Waals surface area contributed by atoms with Gasteiger partial charge in [-0.15, -0.1) is 10.2 Å². The third-order valence-corrected chi connectivity index (χ3v) is 7.04. The van der Waals surface area contributed by atoms with Crippen LogP contribution in [0.3, 0.4) is 0 Å². The first-order chi connectivity index (χ1) is 12.2. The number of aromatic nitrogens is 2. The quantitative estimate of drug-likeness (QED) is 0.775. The molecule has 0 radical (unpaired) electrons. The van der Waals surface area contributed by atoms with Crippen molar-refractivity contribution in [1.82, 2.24) is 14.5 Å². The maximum atomic E-state index is 12.6. The fourth-order valence-corrected chi connectivity index (χ4v) is 4.40. The van der Waals surface area contributed by atoms with Crippen molar-refractivity contribution in [1.29, 1.82) is 0 Å². The van der Waals surface area contributed by atoms with Crippen LogP contribution in [0.2, 0.25) is 0 Å². The van der Waals surface area contributed by atoms with Crippen LogP contribution in [0.4, 0.5) is 5.13 Å². The van der Waals surface area contributed by atoms with Gasteiger partial charge in [-0.3, -0.25) is 10.1 Å². The van der Waals surface area contributed by atoms with E-state index in [2.05, 4.69) is 29.4 Å². The van der Waals surface area contributed by atoms with Gasteiger partial charge in [-0.1, -0.05) is 31.3 Å². The maximum absolute atomic E-state index is 12.6. The highest BCUT2D eigenvalue weighted by atomic mass is 32.2. The van der Waals surface area contributed by atoms with Crippen molar-refractivity contribution in [3.8, 4) is 0 Å². The zero-order valence-electron chi connectivity index (χ0n) is 15.6. The molecule has 2 rings (SSSR count). The predicted molar refractivity (Wildman–Crippen MR) is 103 cm³/mol. The summed E-state index contributed by atoms with van der Waals surface area (Å²) in [4.78, 5) is 12.7. The first-order valence-electron chi connectivity index (χ1n) is 8.38. The Bertz CT molecular complexity index is 887. The third-order valence-electron chi connectivity index (χ3n) is 4.23. The number of sulfonamides is 1. The van der Waals surface area contributed by atoms with Crippen LogP contribution in [0.25, 0.3) is 0 Å². The number of anilines is 1. The van der Waals surface area contributed by atoms with Gasteiger partial charge in [0.05, 0.1) is 4.90 Å². The van der Waals surface area contributed by atoms with Crippen LogP contribution in [-0.2, 0) is 10.0 Å². The monoisotopic (exact) mass is 396 g/mol. The molecule has 0 unspecified atom stereocenters. The number of hydrogen-bond donors (Lipinski definition) is 1. The minimum Gasteiger partial charge on any atom is -0.296 e. The summed E-state index contributed by atoms with van der Waals surface area (Å²) in [5.74, 6) is -0.0704. The lowest BCUT2D eigenvalue weighted by atomic mass is 10.1. The molecule has 7 nitrogen and oxygen atoms in total. The summed E-state index contributed by atoms with van der Waals surface area (Å²) >= 11 is 1.35. The highest BCUT2D eigenvalue weighted by Gasteiger charge is 2.21. The van der Waals surface area contributed by atoms with Gasteiger partial charge in [0.1, 0.15) is 5.01 Å². The van der Waals surface area contributed by atoms with Gasteiger partial charge >= 0.3 is 0 Å². The summed E-state index contributed by atoms with van der Waals surface area (Å²) in [7, 11) is -0.701. The van der Waals surface area contributed by atoms with Crippen molar-refractivity contribution in [2.45, 2.75) is 44.4 Å². The smallest absolute Gasteiger partial charge is 0.257 e. The lowest BCUT2D eigenvalue weighted by Gasteiger charge is -2.13. The molecular weight excluding hydrogens is 372 g/mol. The summed E-state index contributed by atoms with van der Waals surface area (Å²) in [6.07, 6.45) is 1.92. The fourth-order valence-electron chi connectivity index (χ4n) is 2.47. The average Bonchev–Trinajstić information content (AvgIpc) is 3.04. The van der Waals surface area contributed by atoms with E-state index in [9.17, 15) is 13.2 Å². The SMILES string of the molecule is CCC(CC)c1nnc(NC(=O)c2cc(S(=O)(=O)N(C)C)ccc2C)s1. The number of rotatable bonds is 7. The molecule has 0 bridgehead atoms. The zero-order valence-corrected chi connectivity index (χ0v) is 17.2. The van der Waals surface area contributed by atoms with E-state index in [4.69, 9.17) is 0 Å². The van der Waals surface area contributed by atoms with Crippen LogP contribution in [0.5, 0.6) is 0 Å². The summed E-state index contributed by atoms with van der Waals surface area (Å²) in [5.41, 5.74) is 0.983. The first kappa shape index (κ1) is 20.5. The van der Waals surface area contributed by atoms with Crippen LogP contribution >= 0.6 is 11.3 Å². The van der Waals surface area contributed by atoms with Gasteiger partial charge < -0.3 is 0 Å². The minimum atomic E-state index is -3.61. The van der Waals surface area contributed by atoms with Crippen molar-refractivity contribution in [3.63, 3.8) is 0 Å². The van der Waals surface area contributed by atoms with E-state index >= 15 is 0 Å². The molecule has 142 valence electrons. The van der Waals surface area contributed by atoms with Gasteiger partial charge in [0.15, 0.2) is 0 Å². The summed E-state index contributed by atoms with van der Waals surface area (Å²) in [6.45, 7) is 5.94. The van der Waals surface area contributed by atoms with Crippen molar-refractivity contribution >= 4 is 32.4 Å². The second-order valence-corrected chi connectivity index (χ2v) is 9.34. The van der Waals surface area contributed by atoms with Gasteiger partial charge in [0.25, 0.3) is 5.91 Å². The largest absolute Gasteiger partial charge is 0.296 e. The molecular formula is C17H24N4O3S2. The molecule has 0 aliphatic heterocycles. The highest BCUT2D eigenvalue weighted by Crippen LogP contribution is 2.28. The van der Waals surface area contributed by atoms with Gasteiger partial charge in [-0.25, -0.2) is 12.7 Å². The minimum absolute atomic E-state index is 0.0771. The lowest BCUT2D eigenvalue weighted by Crippen LogP contribution is -2.23. The maximum Gasteiger partial charge on any atom is 0.257 e. The second-order valence-electron chi connectivity index (χ2n) is 6.18. The molecule has 0 aliphatic carbocycles. The number of nitrogens with one attached hydrogen (secondary N) is 1. The fraction of sp³-hybridized carbons (Fsp3) is 0.471. The number of amides is 1. The molecule has 1 amide bonds. The third kappa shape index (κ3) is 4.28. The Morgan fingerprint density at radius 3 is 2.46 bits per heavy atom. The Hall–Kier alpha value is -1.84. The normalized spacial score (nSPS) is 12.0. The first-order valence-corrected chi connectivity index (χ1v) is 10.6. The van der Waals surface area contributed by atoms with Gasteiger partial charge in [0, 0.05) is 25.6 Å². The molecule has 0 aliphatic rings. The molecule has 0 saturated carbocycles. The number of carbonyl (C=O) groups is 1. The molecule has 2 aromatic rings. The number of aryl methyl sites for hydroxylation is 1. The average molecular weight is 397 g/mol. The Balaban J connectivity index is 2.28. The molecule has 1 aromatic carbocycles. The van der Waals surface area contributed by atoms with Crippen molar-refractivity contribution < 1.29 is 13.2 Å². The van der Waals surface area contributed by atoms with Gasteiger partial charge in [-0.2, -0.15) is 0 Å². The van der Waals surface area contributed by atoms with E-state index in [0.717, 1.165) is 22.2 Å². The molecule has 0 atom stereocenters. The van der Waals surface area contributed by atoms with E-state index in [1.165, 1.54) is 37.6 Å². The van der Waals surface area contributed by atoms with Crippen molar-refractivity contribution in [2.75, 3.05) is 19.4 Å². The topological polar surface area (TPSA) is 92.3 Å². The summed E-state index contributed by atoms with van der Waals surface area (Å²) in [6, 6.07) is 4.52. The molecule has 1 heterocycles. The highest BCUT2D eigenvalue weighted by molar-refractivity contribution is 7.89. The standard InChI is InChI=1S/C17H24N4O3S2/c1-6-12(7-2)16-19-20-17(25-16)18-15(22)14-10-13(9-8-11(14)3)26(23,24)21(4)5/h8-10,12H,6-7H2,1-5H3,(H,18,20,22). The lowest BCUT2D eigenvalue weighted by molar-refractivity contribution is 0.102. The predicted octanol–water partition coefficient (Wildman–Crippen LogP) is 3.25. The molecule has 0 spiro atoms. The van der Waals surface area contributed by atoms with E-state index in [1.807, 2.05) is 0 Å². The molecule has 1 aromatic heterocycles. The zero-order chi connectivity index (χ0) is 19.5. The van der Waals surface area contributed by atoms with Crippen LogP contribution in [-0.4, -0.2) is 42.9 Å². The molecule has 9 heteroatoms. The van der Waals surface area contributed by atoms with Gasteiger partial charge in [-0.05, 0) is 37.5 Å². The molecule has 0 saturated heterocycles. The van der Waals surface area contributed by atoms with Crippen LogP contribution < -0.4 is 5.32 Å². The number of hydrogen-bond acceptors (Lipinski definition) is 6. The van der Waals surface area contributed by atoms with Gasteiger partial charge in [0.2, 0.25) is 15.2 Å².